The zero-order valence-corrected chi connectivity index (χ0v) is 26.0. The highest BCUT2D eigenvalue weighted by atomic mass is 31.2. The van der Waals surface area contributed by atoms with Crippen LogP contribution in [0.2, 0.25) is 0 Å². The number of piperazine rings is 2. The Balaban J connectivity index is 0. The van der Waals surface area contributed by atoms with Gasteiger partial charge in [-0.2, -0.15) is 0 Å². The first-order valence-electron chi connectivity index (χ1n) is 12.8. The molecule has 0 saturated carbocycles. The minimum Gasteiger partial charge on any atom is -0.447 e. The summed E-state index contributed by atoms with van der Waals surface area (Å²) in [5.41, 5.74) is 0. The number of aliphatic hydroxyl groups is 1. The first-order valence-corrected chi connectivity index (χ1v) is 15.9. The van der Waals surface area contributed by atoms with Gasteiger partial charge < -0.3 is 28.7 Å². The Labute approximate surface area is 238 Å². The number of hydrogen-bond acceptors (Lipinski definition) is 8. The fourth-order valence-corrected chi connectivity index (χ4v) is 7.90. The van der Waals surface area contributed by atoms with E-state index in [2.05, 4.69) is 11.9 Å². The molecule has 2 rings (SSSR count). The topological polar surface area (TPSA) is 119 Å². The van der Waals surface area contributed by atoms with Crippen molar-refractivity contribution in [2.75, 3.05) is 101 Å². The van der Waals surface area contributed by atoms with Gasteiger partial charge in [-0.05, 0) is 62.9 Å². The van der Waals surface area contributed by atoms with Crippen LogP contribution in [0.3, 0.4) is 0 Å². The van der Waals surface area contributed by atoms with Crippen LogP contribution in [-0.4, -0.2) is 153 Å². The predicted octanol–water partition coefficient (Wildman–Crippen LogP) is 3.43. The van der Waals surface area contributed by atoms with Gasteiger partial charge in [-0.15, -0.1) is 0 Å². The standard InChI is InChI=1S/C12H26N3O5P.C10H24N3O2P.2CH4/c1-11(2)20-21(18,13(3)4)15-7-5-14(6-8-15)12(17)19-10-9-16;1-10(2)15-16(14,11(3)4)13-8-6-12(5)7-9-13;;/h11,16H,5-10H2,1-4H3;10H,6-9H2,1-5H3;2*1H4. The van der Waals surface area contributed by atoms with E-state index in [1.807, 2.05) is 46.5 Å². The second-order valence-electron chi connectivity index (χ2n) is 10.0. The number of amides is 1. The molecule has 1 N–H and O–H groups in total. The number of rotatable bonds is 10. The molecule has 13 nitrogen and oxygen atoms in total. The summed E-state index contributed by atoms with van der Waals surface area (Å²) in [5, 5.41) is 8.64. The molecule has 2 fully saturated rings. The highest BCUT2D eigenvalue weighted by Gasteiger charge is 2.39. The highest BCUT2D eigenvalue weighted by molar-refractivity contribution is 7.54. The number of carbonyl (C=O) groups excluding carboxylic acids is 1. The molecule has 2 heterocycles. The van der Waals surface area contributed by atoms with Gasteiger partial charge in [0.15, 0.2) is 0 Å². The molecule has 2 atom stereocenters. The van der Waals surface area contributed by atoms with E-state index in [0.29, 0.717) is 26.2 Å². The SMILES string of the molecule is C.C.CC(C)OP(=O)(N(C)C)N1CCN(C(=O)OCCO)CC1.CC(C)OP(=O)(N(C)C)N1CCN(C)CC1. The maximum Gasteiger partial charge on any atom is 0.409 e. The molecule has 0 bridgehead atoms. The van der Waals surface area contributed by atoms with Crippen molar-refractivity contribution in [1.82, 2.24) is 28.5 Å². The van der Waals surface area contributed by atoms with Crippen LogP contribution in [0.1, 0.15) is 42.5 Å². The Kier molecular flexibility index (Phi) is 19.5. The van der Waals surface area contributed by atoms with Crippen LogP contribution in [0, 0.1) is 0 Å². The lowest BCUT2D eigenvalue weighted by molar-refractivity contribution is 0.0697. The van der Waals surface area contributed by atoms with E-state index in [0.717, 1.165) is 26.2 Å². The number of nitrogens with zero attached hydrogens (tertiary/aromatic N) is 6. The summed E-state index contributed by atoms with van der Waals surface area (Å²) in [4.78, 5) is 15.5. The molecule has 2 aliphatic rings. The summed E-state index contributed by atoms with van der Waals surface area (Å²) in [5.74, 6) is 0. The molecule has 1 amide bonds. The third-order valence-electron chi connectivity index (χ3n) is 5.73. The molecule has 0 aromatic carbocycles. The van der Waals surface area contributed by atoms with Crippen molar-refractivity contribution in [3.05, 3.63) is 0 Å². The minimum absolute atomic E-state index is 0. The molecular formula is C24H58N6O7P2. The van der Waals surface area contributed by atoms with Gasteiger partial charge in [0.1, 0.15) is 6.61 Å². The van der Waals surface area contributed by atoms with Gasteiger partial charge >= 0.3 is 21.4 Å². The molecule has 39 heavy (non-hydrogen) atoms. The Bertz CT molecular complexity index is 772. The van der Waals surface area contributed by atoms with E-state index in [-0.39, 0.29) is 40.3 Å². The molecule has 2 unspecified atom stereocenters. The summed E-state index contributed by atoms with van der Waals surface area (Å²) < 4.78 is 49.0. The molecule has 236 valence electrons. The van der Waals surface area contributed by atoms with Gasteiger partial charge in [-0.3, -0.25) is 9.13 Å². The van der Waals surface area contributed by atoms with Crippen LogP contribution in [0.25, 0.3) is 0 Å². The molecule has 0 aliphatic carbocycles. The number of likely N-dealkylation sites (N-methyl/N-ethyl adjacent to an activating group) is 1. The van der Waals surface area contributed by atoms with Crippen LogP contribution in [-0.2, 0) is 22.9 Å². The molecule has 0 spiro atoms. The Morgan fingerprint density at radius 2 is 1.13 bits per heavy atom. The first-order chi connectivity index (χ1) is 17.2. The van der Waals surface area contributed by atoms with E-state index in [9.17, 15) is 13.9 Å². The second-order valence-corrected chi connectivity index (χ2v) is 15.1. The Morgan fingerprint density at radius 1 is 0.769 bits per heavy atom. The van der Waals surface area contributed by atoms with Crippen molar-refractivity contribution in [3.8, 4) is 0 Å². The van der Waals surface area contributed by atoms with Crippen LogP contribution in [0.4, 0.5) is 4.79 Å². The maximum absolute atomic E-state index is 13.0. The molecule has 0 aromatic heterocycles. The summed E-state index contributed by atoms with van der Waals surface area (Å²) in [6.07, 6.45) is -0.619. The summed E-state index contributed by atoms with van der Waals surface area (Å²) in [6, 6.07) is 0. The van der Waals surface area contributed by atoms with Gasteiger partial charge in [-0.1, -0.05) is 14.9 Å². The van der Waals surface area contributed by atoms with E-state index in [1.54, 1.807) is 33.0 Å². The van der Waals surface area contributed by atoms with Crippen molar-refractivity contribution in [1.29, 1.82) is 0 Å². The maximum atomic E-state index is 13.0. The Morgan fingerprint density at radius 3 is 1.44 bits per heavy atom. The van der Waals surface area contributed by atoms with Gasteiger partial charge in [0.2, 0.25) is 0 Å². The number of hydrogen-bond donors (Lipinski definition) is 1. The summed E-state index contributed by atoms with van der Waals surface area (Å²) >= 11 is 0. The van der Waals surface area contributed by atoms with E-state index < -0.39 is 21.4 Å². The number of aliphatic hydroxyl groups excluding tert-OH is 1. The molecule has 2 saturated heterocycles. The fourth-order valence-electron chi connectivity index (χ4n) is 3.78. The average molecular weight is 605 g/mol. The monoisotopic (exact) mass is 604 g/mol. The molecular weight excluding hydrogens is 546 g/mol. The van der Waals surface area contributed by atoms with E-state index >= 15 is 0 Å². The van der Waals surface area contributed by atoms with Crippen LogP contribution < -0.4 is 0 Å². The molecule has 15 heteroatoms. The quantitative estimate of drug-likeness (QED) is 0.368. The van der Waals surface area contributed by atoms with Crippen molar-refractivity contribution >= 4 is 21.4 Å². The van der Waals surface area contributed by atoms with Crippen LogP contribution in [0.5, 0.6) is 0 Å². The zero-order valence-electron chi connectivity index (χ0n) is 24.2. The third-order valence-corrected chi connectivity index (χ3v) is 11.4. The normalized spacial score (nSPS) is 20.5. The van der Waals surface area contributed by atoms with Crippen LogP contribution >= 0.6 is 15.3 Å². The smallest absolute Gasteiger partial charge is 0.409 e. The molecule has 2 aliphatic heterocycles. The predicted molar refractivity (Wildman–Crippen MR) is 159 cm³/mol. The largest absolute Gasteiger partial charge is 0.447 e. The Hall–Kier alpha value is -0.590. The average Bonchev–Trinajstić information content (AvgIpc) is 2.82. The lowest BCUT2D eigenvalue weighted by Gasteiger charge is -2.40. The lowest BCUT2D eigenvalue weighted by atomic mass is 10.4. The first kappa shape index (κ1) is 40.5. The van der Waals surface area contributed by atoms with E-state index in [1.165, 1.54) is 0 Å². The van der Waals surface area contributed by atoms with Gasteiger partial charge in [0.05, 0.1) is 18.8 Å². The van der Waals surface area contributed by atoms with Gasteiger partial charge in [-0.25, -0.2) is 23.5 Å². The van der Waals surface area contributed by atoms with Crippen molar-refractivity contribution in [2.24, 2.45) is 0 Å². The van der Waals surface area contributed by atoms with Crippen molar-refractivity contribution < 1.29 is 32.8 Å². The van der Waals surface area contributed by atoms with E-state index in [4.69, 9.17) is 18.9 Å². The summed E-state index contributed by atoms with van der Waals surface area (Å²) in [7, 11) is 3.32. The van der Waals surface area contributed by atoms with Crippen LogP contribution in [0.15, 0.2) is 0 Å². The number of carbonyl (C=O) groups is 1. The third kappa shape index (κ3) is 12.4. The lowest BCUT2D eigenvalue weighted by Crippen LogP contribution is -2.49. The number of ether oxygens (including phenoxy) is 1. The van der Waals surface area contributed by atoms with Gasteiger partial charge in [0.25, 0.3) is 0 Å². The summed E-state index contributed by atoms with van der Waals surface area (Å²) in [6.45, 7) is 12.6. The van der Waals surface area contributed by atoms with Gasteiger partial charge in [0, 0.05) is 52.4 Å². The molecule has 0 radical (unpaired) electrons. The molecule has 0 aromatic rings. The second kappa shape index (κ2) is 18.8. The van der Waals surface area contributed by atoms with Crippen molar-refractivity contribution in [3.63, 3.8) is 0 Å². The highest BCUT2D eigenvalue weighted by Crippen LogP contribution is 2.54. The van der Waals surface area contributed by atoms with Crippen molar-refractivity contribution in [2.45, 2.75) is 54.8 Å². The fraction of sp³-hybridized carbons (Fsp3) is 0.958. The minimum atomic E-state index is -3.05. The zero-order chi connectivity index (χ0) is 28.4.